The molecule has 0 saturated carbocycles. The number of amides is 5. The van der Waals surface area contributed by atoms with Crippen LogP contribution in [0.2, 0.25) is 5.02 Å². The van der Waals surface area contributed by atoms with Gasteiger partial charge in [0, 0.05) is 58.8 Å². The zero-order valence-corrected chi connectivity index (χ0v) is 36.7. The monoisotopic (exact) mass is 858 g/mol. The van der Waals surface area contributed by atoms with Crippen molar-refractivity contribution in [2.24, 2.45) is 11.8 Å². The summed E-state index contributed by atoms with van der Waals surface area (Å²) in [4.78, 5) is 82.6. The number of unbranched alkanes of at least 4 members (excludes halogenated alkanes) is 2. The third-order valence-corrected chi connectivity index (χ3v) is 12.6. The maximum atomic E-state index is 14.2. The van der Waals surface area contributed by atoms with E-state index in [0.717, 1.165) is 11.1 Å². The van der Waals surface area contributed by atoms with Gasteiger partial charge < -0.3 is 38.6 Å². The first-order valence-corrected chi connectivity index (χ1v) is 20.8. The highest BCUT2D eigenvalue weighted by Gasteiger charge is 2.64. The topological polar surface area (TPSA) is 194 Å². The van der Waals surface area contributed by atoms with E-state index < -0.39 is 65.7 Å². The van der Waals surface area contributed by atoms with Crippen LogP contribution in [0.4, 0.5) is 10.5 Å². The summed E-state index contributed by atoms with van der Waals surface area (Å²) >= 11 is 6.78. The number of fused-ring (bicyclic) bond motifs is 5. The van der Waals surface area contributed by atoms with E-state index in [1.165, 1.54) is 42.9 Å². The van der Waals surface area contributed by atoms with Crippen LogP contribution in [0.3, 0.4) is 0 Å². The van der Waals surface area contributed by atoms with Crippen molar-refractivity contribution in [1.29, 1.82) is 0 Å². The Labute approximate surface area is 356 Å². The number of hydrogen-bond donors (Lipinski definition) is 2. The number of anilines is 1. The number of carbonyl (C=O) groups is 6. The maximum absolute atomic E-state index is 14.2. The van der Waals surface area contributed by atoms with E-state index in [2.05, 4.69) is 5.32 Å². The predicted octanol–water partition coefficient (Wildman–Crippen LogP) is 4.47. The molecule has 17 heteroatoms. The average Bonchev–Trinajstić information content (AvgIpc) is 3.83. The summed E-state index contributed by atoms with van der Waals surface area (Å²) in [5.41, 5.74) is -1.04. The van der Waals surface area contributed by atoms with Gasteiger partial charge in [0.1, 0.15) is 40.7 Å². The number of nitrogens with zero attached hydrogens (tertiary/aromatic N) is 3. The zero-order chi connectivity index (χ0) is 44.3. The van der Waals surface area contributed by atoms with Crippen LogP contribution >= 0.6 is 11.6 Å². The molecule has 2 unspecified atom stereocenters. The number of likely N-dealkylation sites (tertiary alicyclic amines) is 1. The quantitative estimate of drug-likeness (QED) is 0.138. The molecule has 5 amide bonds. The molecule has 3 fully saturated rings. The summed E-state index contributed by atoms with van der Waals surface area (Å²) in [7, 11) is 5.96. The first-order chi connectivity index (χ1) is 28.2. The van der Waals surface area contributed by atoms with Crippen molar-refractivity contribution in [2.45, 2.75) is 128 Å². The fraction of sp³-hybridized carbons (Fsp3) is 0.628. The highest BCUT2D eigenvalue weighted by Crippen LogP contribution is 2.49. The molecule has 16 nitrogen and oxygen atoms in total. The van der Waals surface area contributed by atoms with Crippen LogP contribution in [0.5, 0.6) is 5.75 Å². The van der Waals surface area contributed by atoms with E-state index in [1.807, 2.05) is 13.0 Å². The van der Waals surface area contributed by atoms with Crippen molar-refractivity contribution >= 4 is 53.0 Å². The molecule has 0 aromatic heterocycles. The fourth-order valence-electron chi connectivity index (χ4n) is 8.20. The molecular weight excluding hydrogens is 800 g/mol. The van der Waals surface area contributed by atoms with Crippen LogP contribution in [0, 0.1) is 11.8 Å². The second-order valence-corrected chi connectivity index (χ2v) is 17.1. The number of esters is 1. The maximum Gasteiger partial charge on any atom is 0.409 e. The molecule has 0 radical (unpaired) electrons. The van der Waals surface area contributed by atoms with Gasteiger partial charge >= 0.3 is 12.1 Å². The zero-order valence-electron chi connectivity index (χ0n) is 35.9. The molecule has 5 rings (SSSR count). The van der Waals surface area contributed by atoms with Gasteiger partial charge in [0.25, 0.3) is 0 Å². The lowest BCUT2D eigenvalue weighted by Crippen LogP contribution is -2.63. The van der Waals surface area contributed by atoms with Crippen molar-refractivity contribution in [3.8, 4) is 5.75 Å². The standard InChI is InChI=1S/C43H59ClN4O12/c1-24-14-13-15-32(57-9)43(55)23-31(58-41(54)45-43)26(3)38-42(5,60-38)33(22-35(50)47(7)29-20-28(18-24)21-30(56-8)37(29)44)59-40(53)27(4)46(6)34(49)16-11-10-12-17-48-36(51)19-25(2)39(48)52/h13-15,20-21,25-27,31-33,38,55H,10-12,16-19,22-23H2,1-9H3,(H,45,54)/b15-13+,24-14+/t25?,26-,27+,31+,32-,33+,38?,42+,43+/m1/s1. The van der Waals surface area contributed by atoms with E-state index in [9.17, 15) is 33.9 Å². The van der Waals surface area contributed by atoms with Crippen LogP contribution in [0.1, 0.15) is 85.1 Å². The Hall–Kier alpha value is -4.51. The third-order valence-electron chi connectivity index (χ3n) is 12.3. The Morgan fingerprint density at radius 3 is 2.47 bits per heavy atom. The first-order valence-electron chi connectivity index (χ1n) is 20.4. The minimum absolute atomic E-state index is 0.0741. The summed E-state index contributed by atoms with van der Waals surface area (Å²) in [5, 5.41) is 14.5. The van der Waals surface area contributed by atoms with Crippen LogP contribution in [0.25, 0.3) is 0 Å². The van der Waals surface area contributed by atoms with Crippen LogP contribution in [-0.2, 0) is 49.3 Å². The number of rotatable bonds is 11. The van der Waals surface area contributed by atoms with Gasteiger partial charge in [-0.2, -0.15) is 0 Å². The number of halogens is 1. The van der Waals surface area contributed by atoms with E-state index in [-0.39, 0.29) is 54.3 Å². The van der Waals surface area contributed by atoms with Gasteiger partial charge in [0.15, 0.2) is 5.72 Å². The number of methoxy groups -OCH3 is 2. The largest absolute Gasteiger partial charge is 0.495 e. The normalized spacial score (nSPS) is 31.6. The second-order valence-electron chi connectivity index (χ2n) is 16.7. The van der Waals surface area contributed by atoms with Gasteiger partial charge in [0.2, 0.25) is 23.6 Å². The second kappa shape index (κ2) is 19.0. The number of likely N-dealkylation sites (N-methyl/N-ethyl adjacent to an activating group) is 1. The molecule has 4 aliphatic rings. The summed E-state index contributed by atoms with van der Waals surface area (Å²) < 4.78 is 29.3. The molecule has 2 N–H and O–H groups in total. The third kappa shape index (κ3) is 10.2. The van der Waals surface area contributed by atoms with Crippen molar-refractivity contribution in [3.63, 3.8) is 0 Å². The van der Waals surface area contributed by atoms with E-state index >= 15 is 0 Å². The fourth-order valence-corrected chi connectivity index (χ4v) is 8.51. The molecule has 3 saturated heterocycles. The average molecular weight is 859 g/mol. The number of aliphatic hydroxyl groups is 1. The number of ether oxygens (including phenoxy) is 5. The van der Waals surface area contributed by atoms with E-state index in [4.69, 9.17) is 35.3 Å². The molecule has 9 atom stereocenters. The summed E-state index contributed by atoms with van der Waals surface area (Å²) in [6.07, 6.45) is 2.65. The Balaban J connectivity index is 1.37. The van der Waals surface area contributed by atoms with E-state index in [1.54, 1.807) is 52.1 Å². The van der Waals surface area contributed by atoms with E-state index in [0.29, 0.717) is 43.7 Å². The predicted molar refractivity (Wildman–Crippen MR) is 220 cm³/mol. The Kier molecular flexibility index (Phi) is 14.8. The van der Waals surface area contributed by atoms with Gasteiger partial charge in [0.05, 0.1) is 25.3 Å². The SMILES string of the molecule is COc1cc2cc(c1Cl)N(C)C(=O)C[C@H](OC(=O)[C@H](C)N(C)C(=O)CCCCCN1C(=O)CC(C)C1=O)[C@]1(C)OC1[C@H](C)[C@@H]1C[C@@](O)(NC(=O)O1)[C@H](OC)/C=C/C=C(\C)C2. The number of benzene rings is 1. The van der Waals surface area contributed by atoms with Gasteiger partial charge in [-0.3, -0.25) is 29.4 Å². The van der Waals surface area contributed by atoms with Crippen molar-refractivity contribution in [3.05, 3.63) is 46.5 Å². The molecule has 0 aliphatic carbocycles. The van der Waals surface area contributed by atoms with Gasteiger partial charge in [-0.1, -0.05) is 55.7 Å². The highest BCUT2D eigenvalue weighted by molar-refractivity contribution is 6.35. The Bertz CT molecular complexity index is 1910. The van der Waals surface area contributed by atoms with Crippen LogP contribution < -0.4 is 15.0 Å². The minimum Gasteiger partial charge on any atom is -0.495 e. The van der Waals surface area contributed by atoms with Crippen LogP contribution in [0.15, 0.2) is 35.9 Å². The number of epoxide rings is 1. The summed E-state index contributed by atoms with van der Waals surface area (Å²) in [6.45, 7) is 8.96. The lowest BCUT2D eigenvalue weighted by molar-refractivity contribution is -0.162. The summed E-state index contributed by atoms with van der Waals surface area (Å²) in [5.74, 6) is -2.41. The lowest BCUT2D eigenvalue weighted by Gasteiger charge is -2.42. The lowest BCUT2D eigenvalue weighted by atomic mass is 9.83. The smallest absolute Gasteiger partial charge is 0.409 e. The molecule has 0 spiro atoms. The van der Waals surface area contributed by atoms with Crippen molar-refractivity contribution in [1.82, 2.24) is 15.1 Å². The number of carbonyl (C=O) groups excluding carboxylic acids is 6. The molecule has 4 aliphatic heterocycles. The van der Waals surface area contributed by atoms with Gasteiger partial charge in [-0.05, 0) is 57.7 Å². The highest BCUT2D eigenvalue weighted by atomic mass is 35.5. The number of imide groups is 1. The number of nitrogens with one attached hydrogen (secondary N) is 1. The number of allylic oxidation sites excluding steroid dienone is 3. The number of alkyl carbamates (subject to hydrolysis) is 1. The Morgan fingerprint density at radius 2 is 1.82 bits per heavy atom. The van der Waals surface area contributed by atoms with Gasteiger partial charge in [-0.25, -0.2) is 9.59 Å². The molecule has 1 aromatic carbocycles. The molecule has 1 aromatic rings. The molecule has 330 valence electrons. The van der Waals surface area contributed by atoms with Crippen LogP contribution in [-0.4, -0.2) is 127 Å². The minimum atomic E-state index is -1.85. The van der Waals surface area contributed by atoms with Gasteiger partial charge in [-0.15, -0.1) is 0 Å². The first kappa shape index (κ1) is 46.6. The molecule has 60 heavy (non-hydrogen) atoms. The van der Waals surface area contributed by atoms with Crippen molar-refractivity contribution in [2.75, 3.05) is 39.8 Å². The molecule has 4 heterocycles. The molecular formula is C43H59ClN4O12. The Morgan fingerprint density at radius 1 is 1.10 bits per heavy atom. The summed E-state index contributed by atoms with van der Waals surface area (Å²) in [6, 6.07) is 2.51. The number of hydrogen-bond acceptors (Lipinski definition) is 12. The van der Waals surface area contributed by atoms with Crippen molar-refractivity contribution < 1.29 is 57.6 Å². The molecule has 4 bridgehead atoms.